The number of nitro groups is 2. The lowest BCUT2D eigenvalue weighted by molar-refractivity contribution is -0.385. The Labute approximate surface area is 241 Å². The first kappa shape index (κ1) is 27.9. The molecule has 15 heteroatoms. The molecular formula is C28H19N7O8. The number of rotatable bonds is 9. The molecule has 214 valence electrons. The Morgan fingerprint density at radius 1 is 0.605 bits per heavy atom. The molecule has 0 unspecified atom stereocenters. The van der Waals surface area contributed by atoms with Crippen LogP contribution in [0.25, 0.3) is 0 Å². The monoisotopic (exact) mass is 581 g/mol. The van der Waals surface area contributed by atoms with Crippen molar-refractivity contribution in [1.29, 1.82) is 0 Å². The Hall–Kier alpha value is -6.64. The molecule has 0 saturated carbocycles. The lowest BCUT2D eigenvalue weighted by Gasteiger charge is -2.17. The van der Waals surface area contributed by atoms with Crippen LogP contribution in [-0.2, 0) is 0 Å². The van der Waals surface area contributed by atoms with E-state index in [9.17, 15) is 39.4 Å². The number of hydrazine groups is 2. The Balaban J connectivity index is 1.41. The second kappa shape index (κ2) is 11.5. The van der Waals surface area contributed by atoms with E-state index in [0.717, 1.165) is 4.90 Å². The molecule has 5 rings (SSSR count). The summed E-state index contributed by atoms with van der Waals surface area (Å²) in [6.07, 6.45) is 0. The lowest BCUT2D eigenvalue weighted by atomic mass is 10.1. The van der Waals surface area contributed by atoms with Crippen LogP contribution in [0.1, 0.15) is 41.4 Å². The smallest absolute Gasteiger partial charge is 0.269 e. The predicted molar refractivity (Wildman–Crippen MR) is 152 cm³/mol. The highest BCUT2D eigenvalue weighted by Gasteiger charge is 2.37. The van der Waals surface area contributed by atoms with Gasteiger partial charge in [-0.1, -0.05) is 12.1 Å². The van der Waals surface area contributed by atoms with E-state index in [-0.39, 0.29) is 39.3 Å². The van der Waals surface area contributed by atoms with Crippen molar-refractivity contribution < 1.29 is 29.0 Å². The molecule has 4 N–H and O–H groups in total. The van der Waals surface area contributed by atoms with Crippen LogP contribution in [-0.4, -0.2) is 33.5 Å². The van der Waals surface area contributed by atoms with Crippen LogP contribution in [0.4, 0.5) is 28.4 Å². The molecule has 0 bridgehead atoms. The van der Waals surface area contributed by atoms with E-state index < -0.39 is 33.5 Å². The SMILES string of the molecule is O=C(NNc1ccc([N+](=O)[O-])cc1)c1cc(C(=O)NNc2ccc([N+](=O)[O-])cc2)cc(N2C(=O)c3ccccc3C2=O)c1. The molecular weight excluding hydrogens is 562 g/mol. The van der Waals surface area contributed by atoms with Gasteiger partial charge in [0, 0.05) is 35.4 Å². The highest BCUT2D eigenvalue weighted by atomic mass is 16.6. The van der Waals surface area contributed by atoms with Crippen molar-refractivity contribution in [3.8, 4) is 0 Å². The molecule has 4 amide bonds. The van der Waals surface area contributed by atoms with Crippen LogP contribution < -0.4 is 26.6 Å². The third-order valence-electron chi connectivity index (χ3n) is 6.29. The fourth-order valence-electron chi connectivity index (χ4n) is 4.16. The number of anilines is 3. The van der Waals surface area contributed by atoms with E-state index in [1.807, 2.05) is 0 Å². The first-order chi connectivity index (χ1) is 20.6. The molecule has 0 saturated heterocycles. The van der Waals surface area contributed by atoms with Crippen LogP contribution in [0.5, 0.6) is 0 Å². The van der Waals surface area contributed by atoms with Gasteiger partial charge in [-0.15, -0.1) is 0 Å². The summed E-state index contributed by atoms with van der Waals surface area (Å²) >= 11 is 0. The van der Waals surface area contributed by atoms with E-state index in [4.69, 9.17) is 0 Å². The topological polar surface area (TPSA) is 206 Å². The maximum Gasteiger partial charge on any atom is 0.269 e. The molecule has 15 nitrogen and oxygen atoms in total. The lowest BCUT2D eigenvalue weighted by Crippen LogP contribution is -2.33. The normalized spacial score (nSPS) is 11.9. The number of fused-ring (bicyclic) bond motifs is 1. The fourth-order valence-corrected chi connectivity index (χ4v) is 4.16. The number of nitro benzene ring substituents is 2. The number of hydrogen-bond acceptors (Lipinski definition) is 10. The highest BCUT2D eigenvalue weighted by molar-refractivity contribution is 6.34. The summed E-state index contributed by atoms with van der Waals surface area (Å²) in [6, 6.07) is 20.3. The molecule has 1 heterocycles. The number of non-ortho nitro benzene ring substituents is 2. The number of imide groups is 1. The largest absolute Gasteiger partial charge is 0.298 e. The maximum absolute atomic E-state index is 13.1. The number of benzene rings is 4. The van der Waals surface area contributed by atoms with Crippen molar-refractivity contribution in [2.45, 2.75) is 0 Å². The molecule has 4 aromatic carbocycles. The van der Waals surface area contributed by atoms with Gasteiger partial charge in [0.2, 0.25) is 0 Å². The molecule has 0 radical (unpaired) electrons. The molecule has 0 atom stereocenters. The van der Waals surface area contributed by atoms with Gasteiger partial charge in [-0.3, -0.25) is 61.1 Å². The van der Waals surface area contributed by atoms with Crippen LogP contribution in [0.2, 0.25) is 0 Å². The van der Waals surface area contributed by atoms with Crippen molar-refractivity contribution in [3.63, 3.8) is 0 Å². The van der Waals surface area contributed by atoms with Gasteiger partial charge >= 0.3 is 0 Å². The summed E-state index contributed by atoms with van der Waals surface area (Å²) in [4.78, 5) is 73.9. The zero-order valence-electron chi connectivity index (χ0n) is 21.8. The van der Waals surface area contributed by atoms with E-state index in [2.05, 4.69) is 21.7 Å². The molecule has 4 aromatic rings. The summed E-state index contributed by atoms with van der Waals surface area (Å²) in [5.74, 6) is -2.79. The van der Waals surface area contributed by atoms with Crippen LogP contribution >= 0.6 is 0 Å². The first-order valence-electron chi connectivity index (χ1n) is 12.4. The van der Waals surface area contributed by atoms with Crippen molar-refractivity contribution in [1.82, 2.24) is 10.9 Å². The van der Waals surface area contributed by atoms with E-state index in [1.54, 1.807) is 12.1 Å². The van der Waals surface area contributed by atoms with Crippen molar-refractivity contribution in [3.05, 3.63) is 133 Å². The minimum atomic E-state index is -0.755. The van der Waals surface area contributed by atoms with E-state index >= 15 is 0 Å². The summed E-state index contributed by atoms with van der Waals surface area (Å²) in [5, 5.41) is 21.8. The van der Waals surface area contributed by atoms with Crippen molar-refractivity contribution >= 4 is 52.1 Å². The van der Waals surface area contributed by atoms with Gasteiger partial charge in [-0.25, -0.2) is 4.90 Å². The molecule has 1 aliphatic heterocycles. The molecule has 0 fully saturated rings. The zero-order valence-corrected chi connectivity index (χ0v) is 21.8. The quantitative estimate of drug-likeness (QED) is 0.128. The highest BCUT2D eigenvalue weighted by Crippen LogP contribution is 2.30. The summed E-state index contributed by atoms with van der Waals surface area (Å²) in [5.41, 5.74) is 10.4. The van der Waals surface area contributed by atoms with Gasteiger partial charge in [0.15, 0.2) is 0 Å². The Bertz CT molecular complexity index is 1680. The van der Waals surface area contributed by atoms with Gasteiger partial charge in [0.25, 0.3) is 35.0 Å². The number of carbonyl (C=O) groups excluding carboxylic acids is 4. The van der Waals surface area contributed by atoms with Gasteiger partial charge in [0.05, 0.1) is 38.0 Å². The number of nitrogens with one attached hydrogen (secondary N) is 4. The molecule has 1 aliphatic rings. The maximum atomic E-state index is 13.1. The van der Waals surface area contributed by atoms with Crippen LogP contribution in [0, 0.1) is 20.2 Å². The van der Waals surface area contributed by atoms with Crippen LogP contribution in [0.3, 0.4) is 0 Å². The molecule has 0 aliphatic carbocycles. The van der Waals surface area contributed by atoms with E-state index in [0.29, 0.717) is 11.4 Å². The average Bonchev–Trinajstić information content (AvgIpc) is 3.28. The Kier molecular flexibility index (Phi) is 7.44. The van der Waals surface area contributed by atoms with Gasteiger partial charge < -0.3 is 0 Å². The Morgan fingerprint density at radius 2 is 1.00 bits per heavy atom. The summed E-state index contributed by atoms with van der Waals surface area (Å²) in [7, 11) is 0. The average molecular weight is 582 g/mol. The predicted octanol–water partition coefficient (Wildman–Crippen LogP) is 3.82. The minimum Gasteiger partial charge on any atom is -0.298 e. The second-order valence-electron chi connectivity index (χ2n) is 9.03. The first-order valence-corrected chi connectivity index (χ1v) is 12.4. The second-order valence-corrected chi connectivity index (χ2v) is 9.03. The molecule has 43 heavy (non-hydrogen) atoms. The van der Waals surface area contributed by atoms with Crippen molar-refractivity contribution in [2.75, 3.05) is 15.8 Å². The van der Waals surface area contributed by atoms with Gasteiger partial charge in [-0.2, -0.15) is 0 Å². The third kappa shape index (κ3) is 5.80. The number of carbonyl (C=O) groups is 4. The van der Waals surface area contributed by atoms with Gasteiger partial charge in [0.1, 0.15) is 0 Å². The minimum absolute atomic E-state index is 0.0466. The fraction of sp³-hybridized carbons (Fsp3) is 0. The summed E-state index contributed by atoms with van der Waals surface area (Å²) in [6.45, 7) is 0. The zero-order chi connectivity index (χ0) is 30.7. The molecule has 0 spiro atoms. The standard InChI is InChI=1S/C28H19N7O8/c36-25(31-29-18-5-9-20(10-6-18)34(40)41)16-13-17(26(37)32-30-19-7-11-21(12-8-19)35(42)43)15-22(14-16)33-27(38)23-3-1-2-4-24(23)28(33)39/h1-15,29-30H,(H,31,36)(H,32,37). The molecule has 0 aromatic heterocycles. The number of amides is 4. The third-order valence-corrected chi connectivity index (χ3v) is 6.29. The Morgan fingerprint density at radius 3 is 1.37 bits per heavy atom. The number of hydrogen-bond donors (Lipinski definition) is 4. The number of nitrogens with zero attached hydrogens (tertiary/aromatic N) is 3. The van der Waals surface area contributed by atoms with Crippen molar-refractivity contribution in [2.24, 2.45) is 0 Å². The van der Waals surface area contributed by atoms with E-state index in [1.165, 1.54) is 78.9 Å². The van der Waals surface area contributed by atoms with Crippen LogP contribution in [0.15, 0.2) is 91.0 Å². The van der Waals surface area contributed by atoms with Gasteiger partial charge in [-0.05, 0) is 54.6 Å². The summed E-state index contributed by atoms with van der Waals surface area (Å²) < 4.78 is 0.